The number of nitrogens with zero attached hydrogens (tertiary/aromatic N) is 2. The average molecular weight is 278 g/mol. The third-order valence-corrected chi connectivity index (χ3v) is 5.73. The fraction of sp³-hybridized carbons (Fsp3) is 0.733. The summed E-state index contributed by atoms with van der Waals surface area (Å²) >= 11 is 1.74. The van der Waals surface area contributed by atoms with Crippen molar-refractivity contribution in [1.29, 1.82) is 0 Å². The zero-order valence-corrected chi connectivity index (χ0v) is 12.6. The first kappa shape index (κ1) is 13.1. The minimum atomic E-state index is 0.321. The predicted octanol–water partition coefficient (Wildman–Crippen LogP) is 2.89. The van der Waals surface area contributed by atoms with Crippen molar-refractivity contribution in [3.63, 3.8) is 0 Å². The third kappa shape index (κ3) is 2.69. The smallest absolute Gasteiger partial charge is 0.225 e. The normalized spacial score (nSPS) is 28.8. The number of amides is 1. The number of thiazole rings is 1. The van der Waals surface area contributed by atoms with Crippen LogP contribution in [0, 0.1) is 24.7 Å². The van der Waals surface area contributed by atoms with Crippen LogP contribution in [0.15, 0.2) is 6.20 Å². The Balaban J connectivity index is 1.52. The van der Waals surface area contributed by atoms with Crippen LogP contribution in [0.3, 0.4) is 0 Å². The van der Waals surface area contributed by atoms with Gasteiger partial charge in [0.2, 0.25) is 5.91 Å². The summed E-state index contributed by atoms with van der Waals surface area (Å²) in [6.45, 7) is 2.88. The van der Waals surface area contributed by atoms with Gasteiger partial charge in [-0.2, -0.15) is 0 Å². The number of hydrogen-bond donors (Lipinski definition) is 0. The molecule has 2 aliphatic carbocycles. The number of hydrogen-bond acceptors (Lipinski definition) is 3. The van der Waals surface area contributed by atoms with Crippen molar-refractivity contribution < 1.29 is 4.79 Å². The van der Waals surface area contributed by atoms with Gasteiger partial charge >= 0.3 is 0 Å². The minimum Gasteiger partial charge on any atom is -0.345 e. The van der Waals surface area contributed by atoms with E-state index < -0.39 is 0 Å². The molecule has 3 atom stereocenters. The Morgan fingerprint density at radius 2 is 2.32 bits per heavy atom. The number of likely N-dealkylation sites (N-methyl/N-ethyl adjacent to an activating group) is 1. The zero-order valence-electron chi connectivity index (χ0n) is 11.8. The molecule has 1 aromatic heterocycles. The lowest BCUT2D eigenvalue weighted by Gasteiger charge is -2.26. The molecule has 2 fully saturated rings. The fourth-order valence-electron chi connectivity index (χ4n) is 3.72. The van der Waals surface area contributed by atoms with Gasteiger partial charge in [0, 0.05) is 37.0 Å². The minimum absolute atomic E-state index is 0.321. The first-order valence-electron chi connectivity index (χ1n) is 7.29. The summed E-state index contributed by atoms with van der Waals surface area (Å²) in [5, 5.41) is 1.14. The van der Waals surface area contributed by atoms with Crippen molar-refractivity contribution in [2.75, 3.05) is 13.6 Å². The molecule has 0 N–H and O–H groups in total. The second-order valence-corrected chi connectivity index (χ2v) is 7.48. The molecule has 0 saturated heterocycles. The van der Waals surface area contributed by atoms with E-state index in [9.17, 15) is 4.79 Å². The van der Waals surface area contributed by atoms with Crippen LogP contribution >= 0.6 is 11.3 Å². The molecule has 2 aliphatic rings. The Hall–Kier alpha value is -0.900. The molecule has 104 valence electrons. The van der Waals surface area contributed by atoms with Gasteiger partial charge in [0.05, 0.1) is 5.01 Å². The van der Waals surface area contributed by atoms with Crippen LogP contribution in [0.1, 0.15) is 35.6 Å². The molecule has 0 aliphatic heterocycles. The molecule has 4 heteroatoms. The third-order valence-electron chi connectivity index (χ3n) is 4.76. The van der Waals surface area contributed by atoms with Crippen molar-refractivity contribution in [3.05, 3.63) is 16.1 Å². The van der Waals surface area contributed by atoms with E-state index in [1.165, 1.54) is 24.1 Å². The van der Waals surface area contributed by atoms with E-state index in [0.29, 0.717) is 17.7 Å². The van der Waals surface area contributed by atoms with Crippen molar-refractivity contribution in [2.24, 2.45) is 17.8 Å². The Labute approximate surface area is 119 Å². The molecule has 2 bridgehead atoms. The van der Waals surface area contributed by atoms with Crippen LogP contribution in [0.2, 0.25) is 0 Å². The number of carbonyl (C=O) groups is 1. The SMILES string of the molecule is Cc1cnc(CCN(C)C(=O)C2CC3CCC2C3)s1. The molecular weight excluding hydrogens is 256 g/mol. The van der Waals surface area contributed by atoms with Gasteiger partial charge < -0.3 is 4.90 Å². The molecule has 2 saturated carbocycles. The van der Waals surface area contributed by atoms with Crippen molar-refractivity contribution in [3.8, 4) is 0 Å². The molecule has 3 nitrogen and oxygen atoms in total. The van der Waals surface area contributed by atoms with E-state index in [1.54, 1.807) is 11.3 Å². The Kier molecular flexibility index (Phi) is 3.61. The summed E-state index contributed by atoms with van der Waals surface area (Å²) in [4.78, 5) is 20.0. The molecule has 3 rings (SSSR count). The highest BCUT2D eigenvalue weighted by atomic mass is 32.1. The Bertz CT molecular complexity index is 470. The summed E-state index contributed by atoms with van der Waals surface area (Å²) < 4.78 is 0. The summed E-state index contributed by atoms with van der Waals surface area (Å²) in [6, 6.07) is 0. The fourth-order valence-corrected chi connectivity index (χ4v) is 4.50. The molecule has 0 aromatic carbocycles. The summed E-state index contributed by atoms with van der Waals surface area (Å²) in [6.07, 6.45) is 7.89. The highest BCUT2D eigenvalue weighted by Crippen LogP contribution is 2.48. The molecule has 3 unspecified atom stereocenters. The van der Waals surface area contributed by atoms with Gasteiger partial charge in [0.1, 0.15) is 0 Å². The van der Waals surface area contributed by atoms with Crippen LogP contribution in [0.25, 0.3) is 0 Å². The first-order valence-corrected chi connectivity index (χ1v) is 8.11. The molecule has 1 amide bonds. The van der Waals surface area contributed by atoms with Crippen LogP contribution in [-0.2, 0) is 11.2 Å². The van der Waals surface area contributed by atoms with Crippen LogP contribution < -0.4 is 0 Å². The van der Waals surface area contributed by atoms with Gasteiger partial charge in [0.15, 0.2) is 0 Å². The molecule has 19 heavy (non-hydrogen) atoms. The zero-order chi connectivity index (χ0) is 13.4. The van der Waals surface area contributed by atoms with E-state index in [-0.39, 0.29) is 0 Å². The van der Waals surface area contributed by atoms with E-state index in [1.807, 2.05) is 18.1 Å². The predicted molar refractivity (Wildman–Crippen MR) is 77.1 cm³/mol. The second kappa shape index (κ2) is 5.23. The van der Waals surface area contributed by atoms with Crippen LogP contribution in [0.5, 0.6) is 0 Å². The van der Waals surface area contributed by atoms with E-state index in [0.717, 1.165) is 30.3 Å². The highest BCUT2D eigenvalue weighted by molar-refractivity contribution is 7.11. The number of aromatic nitrogens is 1. The molecule has 1 heterocycles. The number of aryl methyl sites for hydroxylation is 1. The average Bonchev–Trinajstić information content (AvgIpc) is 3.11. The van der Waals surface area contributed by atoms with E-state index in [4.69, 9.17) is 0 Å². The maximum atomic E-state index is 12.5. The van der Waals surface area contributed by atoms with Gasteiger partial charge in [-0.25, -0.2) is 4.98 Å². The topological polar surface area (TPSA) is 33.2 Å². The molecule has 1 aromatic rings. The number of rotatable bonds is 4. The largest absolute Gasteiger partial charge is 0.345 e. The lowest BCUT2D eigenvalue weighted by molar-refractivity contribution is -0.135. The van der Waals surface area contributed by atoms with Gasteiger partial charge in [-0.3, -0.25) is 4.79 Å². The highest BCUT2D eigenvalue weighted by Gasteiger charge is 2.43. The van der Waals surface area contributed by atoms with Crippen LogP contribution in [-0.4, -0.2) is 29.4 Å². The number of carbonyl (C=O) groups excluding carboxylic acids is 1. The summed E-state index contributed by atoms with van der Waals surface area (Å²) in [7, 11) is 1.95. The first-order chi connectivity index (χ1) is 9.13. The van der Waals surface area contributed by atoms with Gasteiger partial charge in [-0.1, -0.05) is 6.42 Å². The monoisotopic (exact) mass is 278 g/mol. The second-order valence-electron chi connectivity index (χ2n) is 6.16. The van der Waals surface area contributed by atoms with E-state index >= 15 is 0 Å². The van der Waals surface area contributed by atoms with Crippen molar-refractivity contribution in [1.82, 2.24) is 9.88 Å². The maximum absolute atomic E-state index is 12.5. The molecule has 0 radical (unpaired) electrons. The van der Waals surface area contributed by atoms with Gasteiger partial charge in [-0.05, 0) is 38.0 Å². The van der Waals surface area contributed by atoms with E-state index in [2.05, 4.69) is 11.9 Å². The lowest BCUT2D eigenvalue weighted by Crippen LogP contribution is -2.36. The maximum Gasteiger partial charge on any atom is 0.225 e. The van der Waals surface area contributed by atoms with Crippen molar-refractivity contribution >= 4 is 17.2 Å². The summed E-state index contributed by atoms with van der Waals surface area (Å²) in [5.41, 5.74) is 0. The lowest BCUT2D eigenvalue weighted by atomic mass is 9.88. The van der Waals surface area contributed by atoms with Gasteiger partial charge in [0.25, 0.3) is 0 Å². The summed E-state index contributed by atoms with van der Waals surface area (Å²) in [5.74, 6) is 2.22. The standard InChI is InChI=1S/C15H22N2OS/c1-10-9-16-14(19-10)5-6-17(2)15(18)13-8-11-3-4-12(13)7-11/h9,11-13H,3-8H2,1-2H3. The molecule has 0 spiro atoms. The Morgan fingerprint density at radius 1 is 1.47 bits per heavy atom. The number of fused-ring (bicyclic) bond motifs is 2. The quantitative estimate of drug-likeness (QED) is 0.848. The van der Waals surface area contributed by atoms with Crippen molar-refractivity contribution in [2.45, 2.75) is 39.0 Å². The molecular formula is C15H22N2OS. The van der Waals surface area contributed by atoms with Gasteiger partial charge in [-0.15, -0.1) is 11.3 Å². The Morgan fingerprint density at radius 3 is 2.89 bits per heavy atom. The van der Waals surface area contributed by atoms with Crippen LogP contribution in [0.4, 0.5) is 0 Å².